The van der Waals surface area contributed by atoms with Crippen LogP contribution in [-0.4, -0.2) is 29.9 Å². The van der Waals surface area contributed by atoms with E-state index in [1.165, 1.54) is 32.1 Å². The van der Waals surface area contributed by atoms with Gasteiger partial charge in [0.1, 0.15) is 0 Å². The first kappa shape index (κ1) is 17.1. The van der Waals surface area contributed by atoms with Crippen LogP contribution in [0.15, 0.2) is 0 Å². The number of hydrogen-bond acceptors (Lipinski definition) is 2. The Hall–Kier alpha value is -0.280. The summed E-state index contributed by atoms with van der Waals surface area (Å²) >= 11 is 0. The Morgan fingerprint density at radius 2 is 1.57 bits per heavy atom. The van der Waals surface area contributed by atoms with Crippen LogP contribution in [0.25, 0.3) is 0 Å². The van der Waals surface area contributed by atoms with E-state index in [0.29, 0.717) is 18.5 Å². The van der Waals surface area contributed by atoms with Gasteiger partial charge in [0.05, 0.1) is 5.41 Å². The Labute approximate surface area is 135 Å². The van der Waals surface area contributed by atoms with Crippen molar-refractivity contribution in [2.24, 2.45) is 28.9 Å². The molecule has 122 valence electrons. The van der Waals surface area contributed by atoms with Gasteiger partial charge in [-0.25, -0.2) is 0 Å². The van der Waals surface area contributed by atoms with Crippen LogP contribution in [0.2, 0.25) is 0 Å². The van der Waals surface area contributed by atoms with Crippen LogP contribution in [-0.2, 0) is 4.79 Å². The van der Waals surface area contributed by atoms with E-state index in [1.54, 1.807) is 0 Å². The zero-order chi connectivity index (χ0) is 14.3. The van der Waals surface area contributed by atoms with Gasteiger partial charge in [-0.3, -0.25) is 4.79 Å². The number of halogens is 1. The lowest BCUT2D eigenvalue weighted by Crippen LogP contribution is -2.52. The minimum absolute atomic E-state index is 0. The minimum Gasteiger partial charge on any atom is -0.339 e. The highest BCUT2D eigenvalue weighted by molar-refractivity contribution is 5.85. The number of hydrogen-bond donors (Lipinski definition) is 1. The number of carbonyl (C=O) groups excluding carboxylic acids is 1. The number of amides is 1. The van der Waals surface area contributed by atoms with Crippen molar-refractivity contribution in [3.8, 4) is 0 Å². The van der Waals surface area contributed by atoms with Gasteiger partial charge >= 0.3 is 0 Å². The van der Waals surface area contributed by atoms with Gasteiger partial charge in [-0.05, 0) is 62.7 Å². The summed E-state index contributed by atoms with van der Waals surface area (Å²) in [7, 11) is 0. The summed E-state index contributed by atoms with van der Waals surface area (Å²) in [6.45, 7) is 5.75. The van der Waals surface area contributed by atoms with E-state index in [2.05, 4.69) is 18.7 Å². The lowest BCUT2D eigenvalue weighted by atomic mass is 9.68. The lowest BCUT2D eigenvalue weighted by molar-refractivity contribution is -0.145. The second kappa shape index (κ2) is 6.45. The SMILES string of the molecule is CCC(CC)(CN)C(=O)N1CC2CC3CC(C2)CC1C3.Cl. The molecule has 4 aliphatic rings. The summed E-state index contributed by atoms with van der Waals surface area (Å²) in [6, 6.07) is 0.516. The normalized spacial score (nSPS) is 34.5. The Morgan fingerprint density at radius 3 is 2.05 bits per heavy atom. The summed E-state index contributed by atoms with van der Waals surface area (Å²) in [5.74, 6) is 2.92. The Bertz CT molecular complexity index is 361. The predicted molar refractivity (Wildman–Crippen MR) is 88.4 cm³/mol. The summed E-state index contributed by atoms with van der Waals surface area (Å²) in [6.07, 6.45) is 8.42. The highest BCUT2D eigenvalue weighted by Crippen LogP contribution is 2.48. The maximum absolute atomic E-state index is 13.2. The molecule has 1 amide bonds. The number of nitrogens with two attached hydrogens (primary N) is 1. The molecule has 21 heavy (non-hydrogen) atoms. The standard InChI is InChI=1S/C17H30N2O.ClH/c1-3-17(4-2,11-18)16(20)19-10-14-6-12-5-13(7-14)9-15(19)8-12;/h12-15H,3-11,18H2,1-2H3;1H. The third-order valence-electron chi connectivity index (χ3n) is 6.57. The summed E-state index contributed by atoms with van der Waals surface area (Å²) in [5, 5.41) is 0. The van der Waals surface area contributed by atoms with E-state index in [-0.39, 0.29) is 17.8 Å². The molecule has 2 saturated heterocycles. The molecule has 4 fully saturated rings. The molecular weight excluding hydrogens is 284 g/mol. The molecule has 2 aliphatic carbocycles. The van der Waals surface area contributed by atoms with Gasteiger partial charge in [0.25, 0.3) is 0 Å². The highest BCUT2D eigenvalue weighted by atomic mass is 35.5. The second-order valence-corrected chi connectivity index (χ2v) is 7.58. The molecule has 2 saturated carbocycles. The third kappa shape index (κ3) is 2.84. The zero-order valence-corrected chi connectivity index (χ0v) is 14.3. The van der Waals surface area contributed by atoms with Gasteiger partial charge in [0.15, 0.2) is 0 Å². The van der Waals surface area contributed by atoms with E-state index in [4.69, 9.17) is 5.73 Å². The molecule has 2 unspecified atom stereocenters. The fraction of sp³-hybridized carbons (Fsp3) is 0.941. The molecule has 0 aromatic rings. The van der Waals surface area contributed by atoms with Gasteiger partial charge in [0.2, 0.25) is 5.91 Å². The monoisotopic (exact) mass is 314 g/mol. The Balaban J connectivity index is 0.00000161. The van der Waals surface area contributed by atoms with Crippen molar-refractivity contribution >= 4 is 18.3 Å². The summed E-state index contributed by atoms with van der Waals surface area (Å²) < 4.78 is 0. The van der Waals surface area contributed by atoms with Crippen LogP contribution in [0, 0.1) is 23.2 Å². The van der Waals surface area contributed by atoms with Crippen LogP contribution in [0.1, 0.15) is 58.8 Å². The van der Waals surface area contributed by atoms with Crippen molar-refractivity contribution in [2.75, 3.05) is 13.1 Å². The predicted octanol–water partition coefficient (Wildman–Crippen LogP) is 3.21. The van der Waals surface area contributed by atoms with E-state index >= 15 is 0 Å². The molecule has 4 rings (SSSR count). The van der Waals surface area contributed by atoms with E-state index < -0.39 is 0 Å². The molecule has 2 heterocycles. The van der Waals surface area contributed by atoms with Crippen LogP contribution < -0.4 is 5.73 Å². The van der Waals surface area contributed by atoms with Crippen molar-refractivity contribution in [3.05, 3.63) is 0 Å². The van der Waals surface area contributed by atoms with Crippen molar-refractivity contribution in [1.82, 2.24) is 4.90 Å². The van der Waals surface area contributed by atoms with Crippen molar-refractivity contribution in [1.29, 1.82) is 0 Å². The first-order valence-corrected chi connectivity index (χ1v) is 8.63. The number of carbonyl (C=O) groups is 1. The fourth-order valence-corrected chi connectivity index (χ4v) is 5.27. The molecule has 0 spiro atoms. The van der Waals surface area contributed by atoms with Crippen LogP contribution >= 0.6 is 12.4 Å². The molecule has 0 aromatic carbocycles. The summed E-state index contributed by atoms with van der Waals surface area (Å²) in [4.78, 5) is 15.4. The minimum atomic E-state index is -0.304. The molecule has 3 nitrogen and oxygen atoms in total. The van der Waals surface area contributed by atoms with Crippen LogP contribution in [0.4, 0.5) is 0 Å². The zero-order valence-electron chi connectivity index (χ0n) is 13.5. The van der Waals surface area contributed by atoms with Crippen molar-refractivity contribution < 1.29 is 4.79 Å². The molecule has 2 aliphatic heterocycles. The fourth-order valence-electron chi connectivity index (χ4n) is 5.27. The molecule has 2 N–H and O–H groups in total. The van der Waals surface area contributed by atoms with Gasteiger partial charge < -0.3 is 10.6 Å². The lowest BCUT2D eigenvalue weighted by Gasteiger charge is -2.41. The Morgan fingerprint density at radius 1 is 1.05 bits per heavy atom. The van der Waals surface area contributed by atoms with Crippen LogP contribution in [0.3, 0.4) is 0 Å². The maximum Gasteiger partial charge on any atom is 0.230 e. The molecule has 0 radical (unpaired) electrons. The van der Waals surface area contributed by atoms with E-state index in [0.717, 1.165) is 37.1 Å². The Kier molecular flexibility index (Phi) is 5.25. The van der Waals surface area contributed by atoms with Gasteiger partial charge in [-0.15, -0.1) is 12.4 Å². The average Bonchev–Trinajstić information content (AvgIpc) is 2.65. The van der Waals surface area contributed by atoms with Gasteiger partial charge in [0, 0.05) is 19.1 Å². The molecule has 0 aromatic heterocycles. The van der Waals surface area contributed by atoms with Gasteiger partial charge in [-0.1, -0.05) is 13.8 Å². The van der Waals surface area contributed by atoms with Crippen LogP contribution in [0.5, 0.6) is 0 Å². The molecule has 4 bridgehead atoms. The molecular formula is C17H31ClN2O. The average molecular weight is 315 g/mol. The van der Waals surface area contributed by atoms with Crippen molar-refractivity contribution in [3.63, 3.8) is 0 Å². The topological polar surface area (TPSA) is 46.3 Å². The number of nitrogens with zero attached hydrogens (tertiary/aromatic N) is 1. The second-order valence-electron chi connectivity index (χ2n) is 7.58. The molecule has 4 heteroatoms. The highest BCUT2D eigenvalue weighted by Gasteiger charge is 2.47. The summed E-state index contributed by atoms with van der Waals surface area (Å²) in [5.41, 5.74) is 5.70. The van der Waals surface area contributed by atoms with Gasteiger partial charge in [-0.2, -0.15) is 0 Å². The van der Waals surface area contributed by atoms with E-state index in [9.17, 15) is 4.79 Å². The smallest absolute Gasteiger partial charge is 0.230 e. The van der Waals surface area contributed by atoms with E-state index in [1.807, 2.05) is 0 Å². The first-order valence-electron chi connectivity index (χ1n) is 8.63. The number of fused-ring (bicyclic) bond motifs is 1. The number of rotatable bonds is 4. The maximum atomic E-state index is 13.2. The largest absolute Gasteiger partial charge is 0.339 e. The molecule has 2 atom stereocenters. The van der Waals surface area contributed by atoms with Crippen molar-refractivity contribution in [2.45, 2.75) is 64.8 Å². The quantitative estimate of drug-likeness (QED) is 0.866. The third-order valence-corrected chi connectivity index (χ3v) is 6.57. The first-order chi connectivity index (χ1) is 9.61.